The summed E-state index contributed by atoms with van der Waals surface area (Å²) in [5.74, 6) is 0.784. The molecule has 1 aliphatic heterocycles. The van der Waals surface area contributed by atoms with Gasteiger partial charge in [-0.3, -0.25) is 0 Å². The van der Waals surface area contributed by atoms with Crippen molar-refractivity contribution in [2.75, 3.05) is 26.2 Å². The van der Waals surface area contributed by atoms with Crippen LogP contribution < -0.4 is 10.1 Å². The highest BCUT2D eigenvalue weighted by Gasteiger charge is 2.15. The number of ether oxygens (including phenoxy) is 1. The Morgan fingerprint density at radius 2 is 1.96 bits per heavy atom. The second kappa shape index (κ2) is 11.0. The molecular weight excluding hydrogens is 380 g/mol. The third-order valence-electron chi connectivity index (χ3n) is 4.85. The molecule has 3 rings (SSSR count). The number of rotatable bonds is 9. The zero-order valence-electron chi connectivity index (χ0n) is 15.7. The van der Waals surface area contributed by atoms with Crippen molar-refractivity contribution in [1.82, 2.24) is 10.2 Å². The smallest absolute Gasteiger partial charge is 0.124 e. The molecule has 2 heterocycles. The van der Waals surface area contributed by atoms with E-state index in [4.69, 9.17) is 16.3 Å². The fraction of sp³-hybridized carbons (Fsp3) is 0.524. The average Bonchev–Trinajstić information content (AvgIpc) is 3.04. The zero-order valence-corrected chi connectivity index (χ0v) is 17.3. The van der Waals surface area contributed by atoms with Crippen molar-refractivity contribution in [2.45, 2.75) is 44.9 Å². The first kappa shape index (κ1) is 20.6. The summed E-state index contributed by atoms with van der Waals surface area (Å²) in [5, 5.41) is 18.7. The van der Waals surface area contributed by atoms with Crippen LogP contribution in [0.2, 0.25) is 5.02 Å². The molecule has 0 radical (unpaired) electrons. The second-order valence-corrected chi connectivity index (χ2v) is 8.38. The minimum Gasteiger partial charge on any atom is -0.491 e. The van der Waals surface area contributed by atoms with Gasteiger partial charge < -0.3 is 20.1 Å². The molecule has 0 saturated carbocycles. The molecule has 4 nitrogen and oxygen atoms in total. The maximum Gasteiger partial charge on any atom is 0.124 e. The van der Waals surface area contributed by atoms with Crippen molar-refractivity contribution >= 4 is 22.9 Å². The van der Waals surface area contributed by atoms with E-state index < -0.39 is 6.10 Å². The number of hydrogen-bond donors (Lipinski definition) is 2. The maximum atomic E-state index is 10.4. The van der Waals surface area contributed by atoms with E-state index in [2.05, 4.69) is 27.0 Å². The molecule has 1 aromatic heterocycles. The van der Waals surface area contributed by atoms with Crippen LogP contribution >= 0.6 is 22.9 Å². The van der Waals surface area contributed by atoms with Gasteiger partial charge in [-0.05, 0) is 66.5 Å². The molecule has 27 heavy (non-hydrogen) atoms. The molecule has 148 valence electrons. The Labute approximate surface area is 171 Å². The van der Waals surface area contributed by atoms with E-state index in [-0.39, 0.29) is 0 Å². The first-order chi connectivity index (χ1) is 13.2. The van der Waals surface area contributed by atoms with Crippen LogP contribution in [0.25, 0.3) is 0 Å². The summed E-state index contributed by atoms with van der Waals surface area (Å²) >= 11 is 7.87. The number of nitrogens with one attached hydrogen (secondary N) is 1. The molecule has 1 atom stereocenters. The highest BCUT2D eigenvalue weighted by Crippen LogP contribution is 2.23. The van der Waals surface area contributed by atoms with E-state index in [1.54, 1.807) is 11.3 Å². The van der Waals surface area contributed by atoms with E-state index in [9.17, 15) is 5.11 Å². The van der Waals surface area contributed by atoms with Gasteiger partial charge in [0, 0.05) is 30.2 Å². The van der Waals surface area contributed by atoms with Gasteiger partial charge in [-0.25, -0.2) is 0 Å². The summed E-state index contributed by atoms with van der Waals surface area (Å²) in [6.45, 7) is 4.63. The van der Waals surface area contributed by atoms with Gasteiger partial charge in [0.15, 0.2) is 0 Å². The standard InChI is InChI=1S/C21H29ClN2O2S/c22-19-5-6-21(18(11-19)13-23-12-17-7-10-27-16-17)26-15-20(25)14-24-8-3-1-2-4-9-24/h5-7,10-11,16,20,23,25H,1-4,8-9,12-15H2. The number of likely N-dealkylation sites (tertiary alicyclic amines) is 1. The summed E-state index contributed by atoms with van der Waals surface area (Å²) in [5.41, 5.74) is 2.29. The van der Waals surface area contributed by atoms with Crippen molar-refractivity contribution in [1.29, 1.82) is 0 Å². The lowest BCUT2D eigenvalue weighted by atomic mass is 10.2. The number of β-amino-alcohol motifs (C(OH)–C–C–N with tert-alkyl or cyclic N) is 1. The largest absolute Gasteiger partial charge is 0.491 e. The number of aliphatic hydroxyl groups excluding tert-OH is 1. The SMILES string of the molecule is OC(COc1ccc(Cl)cc1CNCc1ccsc1)CN1CCCCCC1. The monoisotopic (exact) mass is 408 g/mol. The Morgan fingerprint density at radius 3 is 2.70 bits per heavy atom. The number of benzene rings is 1. The Balaban J connectivity index is 1.49. The van der Waals surface area contributed by atoms with Gasteiger partial charge in [0.05, 0.1) is 0 Å². The molecule has 6 heteroatoms. The van der Waals surface area contributed by atoms with E-state index in [1.165, 1.54) is 31.2 Å². The fourth-order valence-electron chi connectivity index (χ4n) is 3.42. The van der Waals surface area contributed by atoms with Crippen LogP contribution in [-0.2, 0) is 13.1 Å². The van der Waals surface area contributed by atoms with Crippen LogP contribution in [0.3, 0.4) is 0 Å². The summed E-state index contributed by atoms with van der Waals surface area (Å²) in [6.07, 6.45) is 4.58. The minimum atomic E-state index is -0.481. The molecule has 1 aromatic carbocycles. The van der Waals surface area contributed by atoms with Crippen LogP contribution in [0, 0.1) is 0 Å². The zero-order chi connectivity index (χ0) is 18.9. The highest BCUT2D eigenvalue weighted by atomic mass is 35.5. The highest BCUT2D eigenvalue weighted by molar-refractivity contribution is 7.07. The van der Waals surface area contributed by atoms with Crippen LogP contribution in [0.15, 0.2) is 35.0 Å². The Hall–Kier alpha value is -1.11. The van der Waals surface area contributed by atoms with Crippen molar-refractivity contribution in [3.05, 3.63) is 51.2 Å². The van der Waals surface area contributed by atoms with Crippen molar-refractivity contribution in [3.8, 4) is 5.75 Å². The molecule has 1 fully saturated rings. The van der Waals surface area contributed by atoms with E-state index >= 15 is 0 Å². The molecule has 1 aliphatic rings. The van der Waals surface area contributed by atoms with Crippen LogP contribution in [0.1, 0.15) is 36.8 Å². The number of thiophene rings is 1. The fourth-order valence-corrected chi connectivity index (χ4v) is 4.28. The molecule has 0 aliphatic carbocycles. The van der Waals surface area contributed by atoms with Gasteiger partial charge >= 0.3 is 0 Å². The maximum absolute atomic E-state index is 10.4. The number of aliphatic hydroxyl groups is 1. The molecule has 1 saturated heterocycles. The first-order valence-electron chi connectivity index (χ1n) is 9.74. The Morgan fingerprint density at radius 1 is 1.15 bits per heavy atom. The average molecular weight is 409 g/mol. The Kier molecular flexibility index (Phi) is 8.42. The lowest BCUT2D eigenvalue weighted by molar-refractivity contribution is 0.0690. The minimum absolute atomic E-state index is 0.301. The number of nitrogens with zero attached hydrogens (tertiary/aromatic N) is 1. The van der Waals surface area contributed by atoms with Crippen molar-refractivity contribution in [3.63, 3.8) is 0 Å². The topological polar surface area (TPSA) is 44.7 Å². The van der Waals surface area contributed by atoms with Crippen LogP contribution in [0.5, 0.6) is 5.75 Å². The van der Waals surface area contributed by atoms with Gasteiger partial charge in [0.2, 0.25) is 0 Å². The molecule has 0 spiro atoms. The number of hydrogen-bond acceptors (Lipinski definition) is 5. The molecule has 2 aromatic rings. The number of halogens is 1. The van der Waals surface area contributed by atoms with Gasteiger partial charge in [-0.2, -0.15) is 11.3 Å². The molecule has 0 amide bonds. The van der Waals surface area contributed by atoms with E-state index in [0.29, 0.717) is 24.7 Å². The van der Waals surface area contributed by atoms with E-state index in [1.807, 2.05) is 18.2 Å². The molecule has 2 N–H and O–H groups in total. The summed E-state index contributed by atoms with van der Waals surface area (Å²) in [4.78, 5) is 2.35. The predicted octanol–water partition coefficient (Wildman–Crippen LogP) is 4.31. The van der Waals surface area contributed by atoms with Crippen molar-refractivity contribution < 1.29 is 9.84 Å². The third-order valence-corrected chi connectivity index (χ3v) is 5.81. The van der Waals surface area contributed by atoms with Crippen LogP contribution in [-0.4, -0.2) is 42.4 Å². The molecule has 1 unspecified atom stereocenters. The van der Waals surface area contributed by atoms with Gasteiger partial charge in [-0.15, -0.1) is 0 Å². The Bertz CT molecular complexity index is 673. The van der Waals surface area contributed by atoms with E-state index in [0.717, 1.165) is 30.9 Å². The van der Waals surface area contributed by atoms with Gasteiger partial charge in [0.25, 0.3) is 0 Å². The molecule has 0 bridgehead atoms. The molecular formula is C21H29ClN2O2S. The third kappa shape index (κ3) is 7.09. The summed E-state index contributed by atoms with van der Waals surface area (Å²) in [7, 11) is 0. The summed E-state index contributed by atoms with van der Waals surface area (Å²) < 4.78 is 5.94. The second-order valence-electron chi connectivity index (χ2n) is 7.17. The lowest BCUT2D eigenvalue weighted by Crippen LogP contribution is -2.36. The predicted molar refractivity (Wildman–Crippen MR) is 113 cm³/mol. The quantitative estimate of drug-likeness (QED) is 0.649. The van der Waals surface area contributed by atoms with Gasteiger partial charge in [-0.1, -0.05) is 24.4 Å². The van der Waals surface area contributed by atoms with Crippen LogP contribution in [0.4, 0.5) is 0 Å². The normalized spacial score (nSPS) is 16.8. The summed E-state index contributed by atoms with van der Waals surface area (Å²) in [6, 6.07) is 7.77. The first-order valence-corrected chi connectivity index (χ1v) is 11.1. The van der Waals surface area contributed by atoms with Gasteiger partial charge in [0.1, 0.15) is 18.5 Å². The van der Waals surface area contributed by atoms with Crippen molar-refractivity contribution in [2.24, 2.45) is 0 Å². The lowest BCUT2D eigenvalue weighted by Gasteiger charge is -2.23.